The highest BCUT2D eigenvalue weighted by Crippen LogP contribution is 2.23. The number of aromatic nitrogens is 2. The molecule has 0 fully saturated rings. The van der Waals surface area contributed by atoms with Crippen LogP contribution in [0.15, 0.2) is 75.0 Å². The highest BCUT2D eigenvalue weighted by Gasteiger charge is 2.14. The van der Waals surface area contributed by atoms with Crippen LogP contribution in [-0.2, 0) is 4.79 Å². The molecule has 1 N–H and O–H groups in total. The van der Waals surface area contributed by atoms with Gasteiger partial charge in [0, 0.05) is 27.9 Å². The Morgan fingerprint density at radius 2 is 1.97 bits per heavy atom. The van der Waals surface area contributed by atoms with Gasteiger partial charge in [0.25, 0.3) is 17.2 Å². The van der Waals surface area contributed by atoms with Crippen molar-refractivity contribution in [2.75, 3.05) is 11.9 Å². The summed E-state index contributed by atoms with van der Waals surface area (Å²) in [4.78, 5) is 40.6. The van der Waals surface area contributed by atoms with E-state index in [1.54, 1.807) is 37.3 Å². The molecule has 11 heteroatoms. The maximum absolute atomic E-state index is 13.0. The summed E-state index contributed by atoms with van der Waals surface area (Å²) in [5.74, 6) is 0.116. The molecule has 10 nitrogen and oxygen atoms in total. The number of ether oxygens (including phenoxy) is 1. The van der Waals surface area contributed by atoms with Gasteiger partial charge in [0.2, 0.25) is 0 Å². The topological polar surface area (TPSA) is 129 Å². The Labute approximate surface area is 213 Å². The first-order valence-electron chi connectivity index (χ1n) is 10.7. The number of carbonyl (C=O) groups is 1. The maximum atomic E-state index is 13.0. The number of rotatable bonds is 7. The van der Waals surface area contributed by atoms with Gasteiger partial charge in [-0.25, -0.2) is 4.98 Å². The molecule has 0 bridgehead atoms. The van der Waals surface area contributed by atoms with Crippen LogP contribution in [0.4, 0.5) is 11.4 Å². The van der Waals surface area contributed by atoms with Gasteiger partial charge in [0.1, 0.15) is 11.6 Å². The summed E-state index contributed by atoms with van der Waals surface area (Å²) in [6.45, 7) is 3.16. The number of hydrogen-bond acceptors (Lipinski definition) is 7. The summed E-state index contributed by atoms with van der Waals surface area (Å²) < 4.78 is 7.46. The quantitative estimate of drug-likeness (QED) is 0.204. The zero-order valence-electron chi connectivity index (χ0n) is 19.3. The lowest BCUT2D eigenvalue weighted by Crippen LogP contribution is -2.21. The lowest BCUT2D eigenvalue weighted by Gasteiger charge is -2.11. The first-order chi connectivity index (χ1) is 17.2. The van der Waals surface area contributed by atoms with Gasteiger partial charge in [0.05, 0.1) is 22.0 Å². The second-order valence-electron chi connectivity index (χ2n) is 7.81. The summed E-state index contributed by atoms with van der Waals surface area (Å²) in [5, 5.41) is 18.7. The molecule has 1 aromatic heterocycles. The molecule has 0 aliphatic rings. The molecule has 0 saturated carbocycles. The highest BCUT2D eigenvalue weighted by molar-refractivity contribution is 9.10. The Hall–Kier alpha value is -4.38. The number of benzene rings is 3. The van der Waals surface area contributed by atoms with Gasteiger partial charge in [-0.05, 0) is 49.7 Å². The van der Waals surface area contributed by atoms with Crippen LogP contribution in [0.2, 0.25) is 0 Å². The lowest BCUT2D eigenvalue weighted by molar-refractivity contribution is -0.384. The molecule has 0 atom stereocenters. The van der Waals surface area contributed by atoms with E-state index in [0.29, 0.717) is 26.9 Å². The second kappa shape index (κ2) is 10.5. The van der Waals surface area contributed by atoms with Crippen LogP contribution >= 0.6 is 15.9 Å². The van der Waals surface area contributed by atoms with Gasteiger partial charge in [-0.15, -0.1) is 0 Å². The van der Waals surface area contributed by atoms with Crippen LogP contribution in [0.5, 0.6) is 5.75 Å². The fraction of sp³-hybridized carbons (Fsp3) is 0.120. The number of hydrogen-bond donors (Lipinski definition) is 1. The number of aryl methyl sites for hydroxylation is 2. The molecular weight excluding hydrogens is 530 g/mol. The third-order valence-corrected chi connectivity index (χ3v) is 5.76. The number of nitrogens with one attached hydrogen (secondary N) is 1. The molecule has 36 heavy (non-hydrogen) atoms. The van der Waals surface area contributed by atoms with E-state index in [4.69, 9.17) is 4.74 Å². The van der Waals surface area contributed by atoms with E-state index in [1.165, 1.54) is 24.4 Å². The van der Waals surface area contributed by atoms with Crippen molar-refractivity contribution < 1.29 is 14.5 Å². The smallest absolute Gasteiger partial charge is 0.282 e. The van der Waals surface area contributed by atoms with Crippen molar-refractivity contribution in [2.24, 2.45) is 5.10 Å². The number of carbonyl (C=O) groups excluding carboxylic acids is 1. The number of nitro benzene ring substituents is 1. The third-order valence-electron chi connectivity index (χ3n) is 5.26. The van der Waals surface area contributed by atoms with E-state index in [2.05, 4.69) is 31.3 Å². The largest absolute Gasteiger partial charge is 0.483 e. The monoisotopic (exact) mass is 549 g/mol. The normalized spacial score (nSPS) is 11.1. The van der Waals surface area contributed by atoms with E-state index in [0.717, 1.165) is 10.2 Å². The average molecular weight is 550 g/mol. The van der Waals surface area contributed by atoms with Crippen LogP contribution in [0.25, 0.3) is 10.9 Å². The Kier molecular flexibility index (Phi) is 7.20. The standard InChI is InChI=1S/C25H20BrN5O5/c1-15-5-3-4-6-21(15)29-24(32)14-36-23-10-8-19(31(34)35)11-17(23)13-27-30-16(2)28-22-9-7-18(26)12-20(22)25(30)33/h3-13H,14H2,1-2H3,(H,29,32). The zero-order chi connectivity index (χ0) is 25.8. The zero-order valence-corrected chi connectivity index (χ0v) is 20.9. The molecule has 182 valence electrons. The van der Waals surface area contributed by atoms with Crippen LogP contribution in [0.3, 0.4) is 0 Å². The van der Waals surface area contributed by atoms with Gasteiger partial charge >= 0.3 is 0 Å². The Morgan fingerprint density at radius 1 is 1.19 bits per heavy atom. The second-order valence-corrected chi connectivity index (χ2v) is 8.73. The van der Waals surface area contributed by atoms with Crippen molar-refractivity contribution in [3.8, 4) is 5.75 Å². The fourth-order valence-corrected chi connectivity index (χ4v) is 3.80. The van der Waals surface area contributed by atoms with Gasteiger partial charge < -0.3 is 10.1 Å². The van der Waals surface area contributed by atoms with Crippen molar-refractivity contribution in [3.63, 3.8) is 0 Å². The van der Waals surface area contributed by atoms with Crippen molar-refractivity contribution in [1.29, 1.82) is 0 Å². The van der Waals surface area contributed by atoms with Gasteiger partial charge in [0.15, 0.2) is 6.61 Å². The molecule has 4 rings (SSSR count). The molecule has 0 aliphatic heterocycles. The summed E-state index contributed by atoms with van der Waals surface area (Å²) in [7, 11) is 0. The Balaban J connectivity index is 1.63. The predicted octanol–water partition coefficient (Wildman–Crippen LogP) is 4.58. The summed E-state index contributed by atoms with van der Waals surface area (Å²) >= 11 is 3.34. The molecule has 4 aromatic rings. The molecule has 0 unspecified atom stereocenters. The van der Waals surface area contributed by atoms with Crippen molar-refractivity contribution in [1.82, 2.24) is 9.66 Å². The number of non-ortho nitro benzene ring substituents is 1. The predicted molar refractivity (Wildman–Crippen MR) is 140 cm³/mol. The van der Waals surface area contributed by atoms with Crippen LogP contribution < -0.4 is 15.6 Å². The highest BCUT2D eigenvalue weighted by atomic mass is 79.9. The molecule has 3 aromatic carbocycles. The van der Waals surface area contributed by atoms with Gasteiger partial charge in [-0.3, -0.25) is 19.7 Å². The average Bonchev–Trinajstić information content (AvgIpc) is 2.85. The van der Waals surface area contributed by atoms with Crippen LogP contribution in [0.1, 0.15) is 17.0 Å². The molecule has 0 saturated heterocycles. The summed E-state index contributed by atoms with van der Waals surface area (Å²) in [5.41, 5.74) is 1.69. The fourth-order valence-electron chi connectivity index (χ4n) is 3.44. The number of para-hydroxylation sites is 1. The number of halogens is 1. The SMILES string of the molecule is Cc1ccccc1NC(=O)COc1ccc([N+](=O)[O-])cc1C=Nn1c(C)nc2ccc(Br)cc2c1=O. The number of nitro groups is 1. The maximum Gasteiger partial charge on any atom is 0.282 e. The molecule has 1 heterocycles. The molecule has 1 amide bonds. The first kappa shape index (κ1) is 24.7. The number of amides is 1. The van der Waals surface area contributed by atoms with E-state index in [9.17, 15) is 19.7 Å². The van der Waals surface area contributed by atoms with Crippen molar-refractivity contribution in [3.05, 3.63) is 103 Å². The summed E-state index contributed by atoms with van der Waals surface area (Å²) in [6.07, 6.45) is 1.27. The number of fused-ring (bicyclic) bond motifs is 1. The minimum atomic E-state index is -0.557. The van der Waals surface area contributed by atoms with Crippen molar-refractivity contribution in [2.45, 2.75) is 13.8 Å². The minimum absolute atomic E-state index is 0.187. The summed E-state index contributed by atoms with van der Waals surface area (Å²) in [6, 6.07) is 16.3. The Morgan fingerprint density at radius 3 is 2.72 bits per heavy atom. The molecule has 0 radical (unpaired) electrons. The number of anilines is 1. The van der Waals surface area contributed by atoms with Gasteiger partial charge in [-0.2, -0.15) is 9.78 Å². The minimum Gasteiger partial charge on any atom is -0.483 e. The van der Waals surface area contributed by atoms with E-state index >= 15 is 0 Å². The molecule has 0 spiro atoms. The first-order valence-corrected chi connectivity index (χ1v) is 11.5. The van der Waals surface area contributed by atoms with E-state index in [-0.39, 0.29) is 23.6 Å². The van der Waals surface area contributed by atoms with E-state index in [1.807, 2.05) is 19.1 Å². The van der Waals surface area contributed by atoms with Crippen LogP contribution in [0, 0.1) is 24.0 Å². The van der Waals surface area contributed by atoms with Gasteiger partial charge in [-0.1, -0.05) is 34.1 Å². The third kappa shape index (κ3) is 5.47. The van der Waals surface area contributed by atoms with E-state index < -0.39 is 16.4 Å². The Bertz CT molecular complexity index is 1580. The molecular formula is C25H20BrN5O5. The lowest BCUT2D eigenvalue weighted by atomic mass is 10.2. The van der Waals surface area contributed by atoms with Crippen molar-refractivity contribution >= 4 is 50.3 Å². The van der Waals surface area contributed by atoms with Crippen LogP contribution in [-0.4, -0.2) is 33.3 Å². The number of nitrogens with zero attached hydrogens (tertiary/aromatic N) is 4. The molecule has 0 aliphatic carbocycles.